The van der Waals surface area contributed by atoms with Gasteiger partial charge in [-0.25, -0.2) is 4.79 Å². The highest BCUT2D eigenvalue weighted by Gasteiger charge is 2.30. The molecule has 1 aromatic carbocycles. The van der Waals surface area contributed by atoms with Gasteiger partial charge >= 0.3 is 5.97 Å². The Bertz CT molecular complexity index is 617. The number of hydrogen-bond acceptors (Lipinski definition) is 5. The van der Waals surface area contributed by atoms with Crippen LogP contribution in [0.3, 0.4) is 0 Å². The fourth-order valence-corrected chi connectivity index (χ4v) is 1.78. The van der Waals surface area contributed by atoms with E-state index in [4.69, 9.17) is 14.7 Å². The van der Waals surface area contributed by atoms with Crippen LogP contribution in [0.5, 0.6) is 5.75 Å². The molecule has 0 aromatic heterocycles. The molecule has 6 nitrogen and oxygen atoms in total. The summed E-state index contributed by atoms with van der Waals surface area (Å²) in [6.45, 7) is 8.67. The number of carbonyl (C=O) groups is 2. The maximum absolute atomic E-state index is 11.9. The summed E-state index contributed by atoms with van der Waals surface area (Å²) in [7, 11) is 0. The first-order chi connectivity index (χ1) is 11.2. The summed E-state index contributed by atoms with van der Waals surface area (Å²) in [6.07, 6.45) is 0.0434. The molecule has 1 N–H and O–H groups in total. The minimum atomic E-state index is -1.00. The maximum atomic E-state index is 11.9. The second kappa shape index (κ2) is 8.34. The fraction of sp³-hybridized carbons (Fsp3) is 0.500. The van der Waals surface area contributed by atoms with Gasteiger partial charge in [0.05, 0.1) is 17.7 Å². The van der Waals surface area contributed by atoms with Gasteiger partial charge < -0.3 is 14.8 Å². The first-order valence-corrected chi connectivity index (χ1v) is 7.84. The van der Waals surface area contributed by atoms with Crippen molar-refractivity contribution in [1.82, 2.24) is 5.32 Å². The molecule has 1 aromatic rings. The van der Waals surface area contributed by atoms with Crippen molar-refractivity contribution in [2.75, 3.05) is 6.61 Å². The number of benzene rings is 1. The molecule has 0 bridgehead atoms. The van der Waals surface area contributed by atoms with Crippen LogP contribution in [0.15, 0.2) is 24.3 Å². The number of nitriles is 1. The average Bonchev–Trinajstić information content (AvgIpc) is 2.52. The highest BCUT2D eigenvalue weighted by atomic mass is 16.5. The van der Waals surface area contributed by atoms with E-state index in [-0.39, 0.29) is 12.0 Å². The monoisotopic (exact) mass is 332 g/mol. The third kappa shape index (κ3) is 5.58. The van der Waals surface area contributed by atoms with Crippen LogP contribution in [0.2, 0.25) is 0 Å². The summed E-state index contributed by atoms with van der Waals surface area (Å²) in [5.41, 5.74) is -0.676. The van der Waals surface area contributed by atoms with Crippen LogP contribution >= 0.6 is 0 Å². The molecule has 0 saturated heterocycles. The predicted molar refractivity (Wildman–Crippen MR) is 89.5 cm³/mol. The number of ether oxygens (including phenoxy) is 2. The lowest BCUT2D eigenvalue weighted by Gasteiger charge is -2.27. The third-order valence-corrected chi connectivity index (χ3v) is 3.58. The Labute approximate surface area is 142 Å². The Balaban J connectivity index is 2.57. The number of hydrogen-bond donors (Lipinski definition) is 1. The number of rotatable bonds is 7. The zero-order valence-electron chi connectivity index (χ0n) is 14.8. The number of nitrogens with zero attached hydrogens (tertiary/aromatic N) is 1. The average molecular weight is 332 g/mol. The molecule has 0 spiro atoms. The lowest BCUT2D eigenvalue weighted by atomic mass is 9.90. The summed E-state index contributed by atoms with van der Waals surface area (Å²) in [6, 6.07) is 8.55. The molecule has 130 valence electrons. The molecule has 0 aliphatic rings. The van der Waals surface area contributed by atoms with Crippen LogP contribution in [-0.2, 0) is 9.53 Å². The minimum Gasteiger partial charge on any atom is -0.491 e. The molecule has 0 fully saturated rings. The largest absolute Gasteiger partial charge is 0.491 e. The van der Waals surface area contributed by atoms with E-state index in [1.807, 2.05) is 27.7 Å². The number of carbonyl (C=O) groups excluding carboxylic acids is 2. The van der Waals surface area contributed by atoms with Crippen LogP contribution in [0, 0.1) is 17.2 Å². The van der Waals surface area contributed by atoms with Gasteiger partial charge in [-0.05, 0) is 51.0 Å². The van der Waals surface area contributed by atoms with Gasteiger partial charge in [-0.2, -0.15) is 5.26 Å². The van der Waals surface area contributed by atoms with Gasteiger partial charge in [0.25, 0.3) is 5.91 Å². The quantitative estimate of drug-likeness (QED) is 0.776. The van der Waals surface area contributed by atoms with E-state index in [1.54, 1.807) is 31.2 Å². The number of esters is 1. The van der Waals surface area contributed by atoms with Gasteiger partial charge in [-0.3, -0.25) is 4.79 Å². The van der Waals surface area contributed by atoms with Gasteiger partial charge in [0.1, 0.15) is 11.3 Å². The van der Waals surface area contributed by atoms with Crippen LogP contribution in [0.1, 0.15) is 45.0 Å². The van der Waals surface area contributed by atoms with E-state index >= 15 is 0 Å². The van der Waals surface area contributed by atoms with E-state index in [1.165, 1.54) is 0 Å². The summed E-state index contributed by atoms with van der Waals surface area (Å²) in [5, 5.41) is 11.7. The van der Waals surface area contributed by atoms with E-state index in [0.29, 0.717) is 11.3 Å². The summed E-state index contributed by atoms with van der Waals surface area (Å²) in [5.74, 6) is -0.540. The molecule has 1 atom stereocenters. The molecular formula is C18H24N2O4. The van der Waals surface area contributed by atoms with Crippen molar-refractivity contribution in [2.45, 2.75) is 46.3 Å². The van der Waals surface area contributed by atoms with Crippen molar-refractivity contribution in [2.24, 2.45) is 5.92 Å². The lowest BCUT2D eigenvalue weighted by Crippen LogP contribution is -2.50. The molecule has 6 heteroatoms. The Morgan fingerprint density at radius 1 is 1.21 bits per heavy atom. The molecule has 0 aliphatic heterocycles. The minimum absolute atomic E-state index is 0.0434. The molecular weight excluding hydrogens is 308 g/mol. The highest BCUT2D eigenvalue weighted by Crippen LogP contribution is 2.16. The van der Waals surface area contributed by atoms with Crippen molar-refractivity contribution >= 4 is 11.9 Å². The summed E-state index contributed by atoms with van der Waals surface area (Å²) < 4.78 is 10.5. The normalized spacial score (nSPS) is 13.1. The molecule has 1 rings (SSSR count). The predicted octanol–water partition coefficient (Wildman–Crippen LogP) is 2.69. The van der Waals surface area contributed by atoms with Crippen molar-refractivity contribution in [1.29, 1.82) is 5.26 Å². The molecule has 0 heterocycles. The molecule has 0 aliphatic carbocycles. The molecule has 24 heavy (non-hydrogen) atoms. The fourth-order valence-electron chi connectivity index (χ4n) is 1.78. The van der Waals surface area contributed by atoms with Gasteiger partial charge in [0.15, 0.2) is 6.61 Å². The Kier molecular flexibility index (Phi) is 6.78. The number of amides is 1. The highest BCUT2D eigenvalue weighted by molar-refractivity contribution is 5.91. The molecule has 0 unspecified atom stereocenters. The topological polar surface area (TPSA) is 88.4 Å². The lowest BCUT2D eigenvalue weighted by molar-refractivity contribution is -0.125. The second-order valence-electron chi connectivity index (χ2n) is 6.28. The SMILES string of the molecule is CC(C)Oc1ccc(C(=O)OCC(=O)N[C@](C)(C#N)C(C)C)cc1. The van der Waals surface area contributed by atoms with Gasteiger partial charge in [-0.1, -0.05) is 13.8 Å². The van der Waals surface area contributed by atoms with Crippen LogP contribution < -0.4 is 10.1 Å². The molecule has 1 amide bonds. The second-order valence-corrected chi connectivity index (χ2v) is 6.28. The van der Waals surface area contributed by atoms with E-state index in [0.717, 1.165) is 0 Å². The zero-order valence-corrected chi connectivity index (χ0v) is 14.8. The van der Waals surface area contributed by atoms with Crippen LogP contribution in [0.25, 0.3) is 0 Å². The van der Waals surface area contributed by atoms with Crippen molar-refractivity contribution in [3.63, 3.8) is 0 Å². The summed E-state index contributed by atoms with van der Waals surface area (Å²) in [4.78, 5) is 23.8. The smallest absolute Gasteiger partial charge is 0.338 e. The van der Waals surface area contributed by atoms with Gasteiger partial charge in [0, 0.05) is 0 Å². The Morgan fingerprint density at radius 2 is 1.79 bits per heavy atom. The van der Waals surface area contributed by atoms with E-state index in [9.17, 15) is 9.59 Å². The van der Waals surface area contributed by atoms with Crippen molar-refractivity contribution in [3.05, 3.63) is 29.8 Å². The van der Waals surface area contributed by atoms with E-state index in [2.05, 4.69) is 11.4 Å². The third-order valence-electron chi connectivity index (χ3n) is 3.58. The van der Waals surface area contributed by atoms with Crippen molar-refractivity contribution < 1.29 is 19.1 Å². The standard InChI is InChI=1S/C18H24N2O4/c1-12(2)18(5,11-19)20-16(21)10-23-17(22)14-6-8-15(9-7-14)24-13(3)4/h6-9,12-13H,10H2,1-5H3,(H,20,21)/t18-/m1/s1. The Morgan fingerprint density at radius 3 is 2.25 bits per heavy atom. The first-order valence-electron chi connectivity index (χ1n) is 7.84. The van der Waals surface area contributed by atoms with Crippen LogP contribution in [0.4, 0.5) is 0 Å². The molecule has 0 radical (unpaired) electrons. The van der Waals surface area contributed by atoms with Gasteiger partial charge in [-0.15, -0.1) is 0 Å². The van der Waals surface area contributed by atoms with Gasteiger partial charge in [0.2, 0.25) is 0 Å². The van der Waals surface area contributed by atoms with Crippen LogP contribution in [-0.4, -0.2) is 30.1 Å². The first kappa shape index (κ1) is 19.5. The maximum Gasteiger partial charge on any atom is 0.338 e. The zero-order chi connectivity index (χ0) is 18.3. The van der Waals surface area contributed by atoms with Crippen molar-refractivity contribution in [3.8, 4) is 11.8 Å². The molecule has 0 saturated carbocycles. The van der Waals surface area contributed by atoms with E-state index < -0.39 is 24.0 Å². The number of nitrogens with one attached hydrogen (secondary N) is 1. The summed E-state index contributed by atoms with van der Waals surface area (Å²) >= 11 is 0. The Hall–Kier alpha value is -2.55.